The predicted octanol–water partition coefficient (Wildman–Crippen LogP) is 4.10. The number of halogens is 2. The van der Waals surface area contributed by atoms with Crippen molar-refractivity contribution < 1.29 is 13.9 Å². The fourth-order valence-corrected chi connectivity index (χ4v) is 3.24. The molecule has 3 nitrogen and oxygen atoms in total. The Morgan fingerprint density at radius 1 is 1.21 bits per heavy atom. The molecule has 0 atom stereocenters. The molecule has 0 aliphatic heterocycles. The third kappa shape index (κ3) is 3.70. The Hall–Kier alpha value is -2.07. The summed E-state index contributed by atoms with van der Waals surface area (Å²) in [6, 6.07) is 14.1. The van der Waals surface area contributed by atoms with Gasteiger partial charge in [-0.05, 0) is 36.6 Å². The van der Waals surface area contributed by atoms with Crippen LogP contribution in [0, 0.1) is 5.82 Å². The van der Waals surface area contributed by atoms with Crippen molar-refractivity contribution in [2.24, 2.45) is 0 Å². The summed E-state index contributed by atoms with van der Waals surface area (Å²) >= 11 is 5.88. The molecule has 0 heterocycles. The molecule has 2 aromatic rings. The number of carbonyl (C=O) groups excluding carboxylic acids is 1. The Balaban J connectivity index is 1.54. The molecule has 5 heteroatoms. The lowest BCUT2D eigenvalue weighted by atomic mass is 9.64. The standard InChI is InChI=1S/C19H19ClFNO2/c20-16-11-15(21)7-8-17(16)24-12-18(23)22-13-19(9-4-10-19)14-5-2-1-3-6-14/h1-3,5-8,11H,4,9-10,12-13H2,(H,22,23). The van der Waals surface area contributed by atoms with Gasteiger partial charge in [0.05, 0.1) is 5.02 Å². The zero-order valence-corrected chi connectivity index (χ0v) is 14.0. The quantitative estimate of drug-likeness (QED) is 0.854. The van der Waals surface area contributed by atoms with E-state index in [1.54, 1.807) is 0 Å². The second-order valence-electron chi connectivity index (χ2n) is 6.14. The normalized spacial score (nSPS) is 15.4. The fraction of sp³-hybridized carbons (Fsp3) is 0.316. The molecule has 0 bridgehead atoms. The molecule has 0 spiro atoms. The van der Waals surface area contributed by atoms with Crippen LogP contribution >= 0.6 is 11.6 Å². The van der Waals surface area contributed by atoms with Crippen LogP contribution < -0.4 is 10.1 Å². The summed E-state index contributed by atoms with van der Waals surface area (Å²) in [6.07, 6.45) is 3.32. The first-order chi connectivity index (χ1) is 11.6. The lowest BCUT2D eigenvalue weighted by molar-refractivity contribution is -0.123. The first-order valence-electron chi connectivity index (χ1n) is 7.99. The van der Waals surface area contributed by atoms with Crippen molar-refractivity contribution in [2.75, 3.05) is 13.2 Å². The molecule has 1 amide bonds. The number of amides is 1. The van der Waals surface area contributed by atoms with Gasteiger partial charge in [0.1, 0.15) is 11.6 Å². The molecule has 1 N–H and O–H groups in total. The van der Waals surface area contributed by atoms with Crippen LogP contribution in [0.2, 0.25) is 5.02 Å². The number of benzene rings is 2. The first-order valence-corrected chi connectivity index (χ1v) is 8.37. The van der Waals surface area contributed by atoms with Gasteiger partial charge in [0.25, 0.3) is 5.91 Å². The monoisotopic (exact) mass is 347 g/mol. The molecule has 1 saturated carbocycles. The van der Waals surface area contributed by atoms with Gasteiger partial charge < -0.3 is 10.1 Å². The zero-order chi connectivity index (χ0) is 17.0. The predicted molar refractivity (Wildman–Crippen MR) is 91.9 cm³/mol. The van der Waals surface area contributed by atoms with Crippen molar-refractivity contribution in [3.63, 3.8) is 0 Å². The lowest BCUT2D eigenvalue weighted by Crippen LogP contribution is -2.46. The third-order valence-corrected chi connectivity index (χ3v) is 4.87. The van der Waals surface area contributed by atoms with E-state index < -0.39 is 5.82 Å². The van der Waals surface area contributed by atoms with E-state index in [0.717, 1.165) is 18.9 Å². The highest BCUT2D eigenvalue weighted by molar-refractivity contribution is 6.32. The molecule has 2 aromatic carbocycles. The molecule has 1 fully saturated rings. The molecule has 0 unspecified atom stereocenters. The maximum Gasteiger partial charge on any atom is 0.257 e. The second-order valence-corrected chi connectivity index (χ2v) is 6.55. The minimum Gasteiger partial charge on any atom is -0.482 e. The Kier molecular flexibility index (Phi) is 5.05. The van der Waals surface area contributed by atoms with Crippen LogP contribution in [0.15, 0.2) is 48.5 Å². The molecule has 1 aliphatic carbocycles. The van der Waals surface area contributed by atoms with Gasteiger partial charge in [-0.3, -0.25) is 4.79 Å². The Bertz CT molecular complexity index is 717. The zero-order valence-electron chi connectivity index (χ0n) is 13.2. The molecule has 126 valence electrons. The van der Waals surface area contributed by atoms with Gasteiger partial charge in [-0.25, -0.2) is 4.39 Å². The largest absolute Gasteiger partial charge is 0.482 e. The second kappa shape index (κ2) is 7.22. The van der Waals surface area contributed by atoms with E-state index in [-0.39, 0.29) is 23.0 Å². The SMILES string of the molecule is O=C(COc1ccc(F)cc1Cl)NCC1(c2ccccc2)CCC1. The highest BCUT2D eigenvalue weighted by atomic mass is 35.5. The van der Waals surface area contributed by atoms with Gasteiger partial charge in [-0.2, -0.15) is 0 Å². The minimum atomic E-state index is -0.438. The molecule has 0 saturated heterocycles. The number of hydrogen-bond acceptors (Lipinski definition) is 2. The van der Waals surface area contributed by atoms with Crippen LogP contribution in [-0.4, -0.2) is 19.1 Å². The molecule has 0 aromatic heterocycles. The smallest absolute Gasteiger partial charge is 0.257 e. The summed E-state index contributed by atoms with van der Waals surface area (Å²) in [5.74, 6) is -0.348. The van der Waals surface area contributed by atoms with Crippen LogP contribution in [-0.2, 0) is 10.2 Å². The van der Waals surface area contributed by atoms with Crippen LogP contribution in [0.4, 0.5) is 4.39 Å². The Morgan fingerprint density at radius 2 is 1.96 bits per heavy atom. The summed E-state index contributed by atoms with van der Waals surface area (Å²) in [4.78, 5) is 12.1. The van der Waals surface area contributed by atoms with Crippen molar-refractivity contribution in [1.82, 2.24) is 5.32 Å². The average Bonchev–Trinajstić information content (AvgIpc) is 2.54. The summed E-state index contributed by atoms with van der Waals surface area (Å²) in [7, 11) is 0. The average molecular weight is 348 g/mol. The minimum absolute atomic E-state index is 0.0322. The maximum atomic E-state index is 13.0. The van der Waals surface area contributed by atoms with Crippen LogP contribution in [0.25, 0.3) is 0 Å². The summed E-state index contributed by atoms with van der Waals surface area (Å²) in [5, 5.41) is 3.10. The lowest BCUT2D eigenvalue weighted by Gasteiger charge is -2.42. The number of carbonyl (C=O) groups is 1. The number of rotatable bonds is 6. The molecule has 1 aliphatic rings. The highest BCUT2D eigenvalue weighted by Crippen LogP contribution is 2.43. The van der Waals surface area contributed by atoms with E-state index in [4.69, 9.17) is 16.3 Å². The van der Waals surface area contributed by atoms with E-state index in [9.17, 15) is 9.18 Å². The van der Waals surface area contributed by atoms with Gasteiger partial charge in [-0.1, -0.05) is 48.4 Å². The summed E-state index contributed by atoms with van der Waals surface area (Å²) < 4.78 is 18.4. The topological polar surface area (TPSA) is 38.3 Å². The fourth-order valence-electron chi connectivity index (χ4n) is 3.02. The Labute approximate surface area is 145 Å². The molecule has 3 rings (SSSR count). The molecular weight excluding hydrogens is 329 g/mol. The summed E-state index contributed by atoms with van der Waals surface area (Å²) in [5.41, 5.74) is 1.30. The maximum absolute atomic E-state index is 13.0. The van der Waals surface area contributed by atoms with E-state index in [0.29, 0.717) is 12.3 Å². The van der Waals surface area contributed by atoms with E-state index in [1.807, 2.05) is 18.2 Å². The third-order valence-electron chi connectivity index (χ3n) is 4.57. The molecule has 24 heavy (non-hydrogen) atoms. The van der Waals surface area contributed by atoms with Crippen LogP contribution in [0.3, 0.4) is 0 Å². The van der Waals surface area contributed by atoms with Gasteiger partial charge in [-0.15, -0.1) is 0 Å². The van der Waals surface area contributed by atoms with Crippen LogP contribution in [0.1, 0.15) is 24.8 Å². The number of nitrogens with one attached hydrogen (secondary N) is 1. The van der Waals surface area contributed by atoms with Gasteiger partial charge in [0.2, 0.25) is 0 Å². The first kappa shape index (κ1) is 16.8. The van der Waals surface area contributed by atoms with E-state index in [2.05, 4.69) is 17.4 Å². The van der Waals surface area contributed by atoms with Gasteiger partial charge >= 0.3 is 0 Å². The number of ether oxygens (including phenoxy) is 1. The van der Waals surface area contributed by atoms with Crippen molar-refractivity contribution in [1.29, 1.82) is 0 Å². The van der Waals surface area contributed by atoms with Crippen molar-refractivity contribution in [2.45, 2.75) is 24.7 Å². The van der Waals surface area contributed by atoms with Crippen molar-refractivity contribution in [3.05, 3.63) is 64.9 Å². The highest BCUT2D eigenvalue weighted by Gasteiger charge is 2.38. The molecular formula is C19H19ClFNO2. The van der Waals surface area contributed by atoms with E-state index in [1.165, 1.54) is 24.1 Å². The van der Waals surface area contributed by atoms with Crippen LogP contribution in [0.5, 0.6) is 5.75 Å². The Morgan fingerprint density at radius 3 is 2.58 bits per heavy atom. The van der Waals surface area contributed by atoms with Gasteiger partial charge in [0, 0.05) is 12.0 Å². The van der Waals surface area contributed by atoms with Crippen molar-refractivity contribution >= 4 is 17.5 Å². The van der Waals surface area contributed by atoms with Gasteiger partial charge in [0.15, 0.2) is 6.61 Å². The van der Waals surface area contributed by atoms with Crippen molar-refractivity contribution in [3.8, 4) is 5.75 Å². The van der Waals surface area contributed by atoms with E-state index >= 15 is 0 Å². The summed E-state index contributed by atoms with van der Waals surface area (Å²) in [6.45, 7) is 0.451. The number of hydrogen-bond donors (Lipinski definition) is 1. The molecule has 0 radical (unpaired) electrons.